The minimum atomic E-state index is -0.475. The number of nitrogens with zero attached hydrogens (tertiary/aromatic N) is 2. The first-order chi connectivity index (χ1) is 11.2. The standard InChI is InChI=1S/C17H24N2O3S/c1-19(10-13(20)12-22-14-6-8-21-9-7-14)11-17-18-15-4-2-3-5-16(15)23-17/h2-5,13-14,20H,6-12H2,1H3. The number of likely N-dealkylation sites (N-methyl/N-ethyl adjacent to an activating group) is 1. The molecule has 0 radical (unpaired) electrons. The molecule has 1 saturated heterocycles. The Morgan fingerprint density at radius 1 is 1.39 bits per heavy atom. The van der Waals surface area contributed by atoms with Crippen molar-refractivity contribution in [2.75, 3.05) is 33.4 Å². The van der Waals surface area contributed by atoms with Crippen molar-refractivity contribution in [3.05, 3.63) is 29.3 Å². The molecule has 5 nitrogen and oxygen atoms in total. The molecule has 0 bridgehead atoms. The molecule has 1 aromatic carbocycles. The first-order valence-corrected chi connectivity index (χ1v) is 8.93. The lowest BCUT2D eigenvalue weighted by Gasteiger charge is -2.25. The molecule has 0 saturated carbocycles. The van der Waals surface area contributed by atoms with Gasteiger partial charge in [-0.15, -0.1) is 11.3 Å². The van der Waals surface area contributed by atoms with Crippen LogP contribution in [0.3, 0.4) is 0 Å². The number of hydrogen-bond acceptors (Lipinski definition) is 6. The summed E-state index contributed by atoms with van der Waals surface area (Å²) in [6.07, 6.45) is 1.60. The van der Waals surface area contributed by atoms with E-state index in [0.29, 0.717) is 13.2 Å². The smallest absolute Gasteiger partial charge is 0.108 e. The van der Waals surface area contributed by atoms with Crippen LogP contribution in [0.4, 0.5) is 0 Å². The summed E-state index contributed by atoms with van der Waals surface area (Å²) in [5.74, 6) is 0. The Morgan fingerprint density at radius 2 is 2.17 bits per heavy atom. The summed E-state index contributed by atoms with van der Waals surface area (Å²) in [4.78, 5) is 6.72. The summed E-state index contributed by atoms with van der Waals surface area (Å²) in [6.45, 7) is 3.23. The number of aliphatic hydroxyl groups is 1. The molecule has 1 atom stereocenters. The molecule has 1 unspecified atom stereocenters. The highest BCUT2D eigenvalue weighted by Gasteiger charge is 2.17. The van der Waals surface area contributed by atoms with Gasteiger partial charge >= 0.3 is 0 Å². The van der Waals surface area contributed by atoms with Crippen LogP contribution in [0.25, 0.3) is 10.2 Å². The Hall–Kier alpha value is -1.05. The lowest BCUT2D eigenvalue weighted by atomic mass is 10.1. The minimum Gasteiger partial charge on any atom is -0.389 e. The van der Waals surface area contributed by atoms with Crippen molar-refractivity contribution in [1.29, 1.82) is 0 Å². The average molecular weight is 336 g/mol. The topological polar surface area (TPSA) is 54.8 Å². The van der Waals surface area contributed by atoms with Crippen molar-refractivity contribution >= 4 is 21.6 Å². The third kappa shape index (κ3) is 4.96. The monoisotopic (exact) mass is 336 g/mol. The molecule has 1 aromatic heterocycles. The van der Waals surface area contributed by atoms with E-state index >= 15 is 0 Å². The van der Waals surface area contributed by atoms with Gasteiger partial charge < -0.3 is 14.6 Å². The number of thiazole rings is 1. The zero-order valence-electron chi connectivity index (χ0n) is 13.5. The third-order valence-corrected chi connectivity index (χ3v) is 4.98. The Balaban J connectivity index is 1.43. The molecule has 1 fully saturated rings. The van der Waals surface area contributed by atoms with E-state index in [1.807, 2.05) is 25.2 Å². The highest BCUT2D eigenvalue weighted by Crippen LogP contribution is 2.22. The SMILES string of the molecule is CN(Cc1nc2ccccc2s1)CC(O)COC1CCOCC1. The molecule has 0 amide bonds. The number of ether oxygens (including phenoxy) is 2. The maximum absolute atomic E-state index is 10.2. The molecule has 1 N–H and O–H groups in total. The fourth-order valence-corrected chi connectivity index (χ4v) is 3.83. The fourth-order valence-electron chi connectivity index (χ4n) is 2.79. The number of para-hydroxylation sites is 1. The number of fused-ring (bicyclic) bond motifs is 1. The van der Waals surface area contributed by atoms with Crippen LogP contribution in [0.5, 0.6) is 0 Å². The molecule has 0 aliphatic carbocycles. The highest BCUT2D eigenvalue weighted by molar-refractivity contribution is 7.18. The first kappa shape index (κ1) is 16.8. The van der Waals surface area contributed by atoms with Crippen LogP contribution < -0.4 is 0 Å². The quantitative estimate of drug-likeness (QED) is 0.841. The molecule has 0 spiro atoms. The van der Waals surface area contributed by atoms with Crippen LogP contribution in [0.2, 0.25) is 0 Å². The Bertz CT molecular complexity index is 580. The second kappa shape index (κ2) is 8.17. The van der Waals surface area contributed by atoms with Crippen molar-refractivity contribution in [1.82, 2.24) is 9.88 Å². The molecule has 2 aromatic rings. The van der Waals surface area contributed by atoms with E-state index in [-0.39, 0.29) is 6.10 Å². The number of rotatable bonds is 7. The van der Waals surface area contributed by atoms with Crippen LogP contribution in [0.15, 0.2) is 24.3 Å². The Kier molecular flexibility index (Phi) is 5.96. The summed E-state index contributed by atoms with van der Waals surface area (Å²) >= 11 is 1.71. The molecule has 1 aliphatic rings. The molecular formula is C17H24N2O3S. The summed E-state index contributed by atoms with van der Waals surface area (Å²) < 4.78 is 12.3. The number of benzene rings is 1. The molecular weight excluding hydrogens is 312 g/mol. The van der Waals surface area contributed by atoms with Gasteiger partial charge in [0.1, 0.15) is 5.01 Å². The summed E-state index contributed by atoms with van der Waals surface area (Å²) in [5, 5.41) is 11.2. The van der Waals surface area contributed by atoms with Gasteiger partial charge in [-0.25, -0.2) is 4.98 Å². The predicted octanol–water partition coefficient (Wildman–Crippen LogP) is 2.28. The van der Waals surface area contributed by atoms with Gasteiger partial charge in [0.15, 0.2) is 0 Å². The van der Waals surface area contributed by atoms with Crippen LogP contribution in [-0.4, -0.2) is 60.6 Å². The van der Waals surface area contributed by atoms with Crippen LogP contribution in [-0.2, 0) is 16.0 Å². The first-order valence-electron chi connectivity index (χ1n) is 8.11. The van der Waals surface area contributed by atoms with E-state index in [1.54, 1.807) is 11.3 Å². The van der Waals surface area contributed by atoms with E-state index in [9.17, 15) is 5.11 Å². The maximum atomic E-state index is 10.2. The van der Waals surface area contributed by atoms with E-state index in [2.05, 4.69) is 16.0 Å². The van der Waals surface area contributed by atoms with E-state index < -0.39 is 6.10 Å². The molecule has 126 valence electrons. The molecule has 1 aliphatic heterocycles. The van der Waals surface area contributed by atoms with Crippen molar-refractivity contribution in [2.24, 2.45) is 0 Å². The number of aromatic nitrogens is 1. The zero-order valence-corrected chi connectivity index (χ0v) is 14.3. The molecule has 23 heavy (non-hydrogen) atoms. The van der Waals surface area contributed by atoms with Crippen molar-refractivity contribution in [3.63, 3.8) is 0 Å². The average Bonchev–Trinajstić information content (AvgIpc) is 2.96. The third-order valence-electron chi connectivity index (χ3n) is 3.96. The zero-order chi connectivity index (χ0) is 16.1. The predicted molar refractivity (Wildman–Crippen MR) is 91.8 cm³/mol. The minimum absolute atomic E-state index is 0.230. The maximum Gasteiger partial charge on any atom is 0.108 e. The van der Waals surface area contributed by atoms with Crippen LogP contribution in [0, 0.1) is 0 Å². The number of hydrogen-bond donors (Lipinski definition) is 1. The summed E-state index contributed by atoms with van der Waals surface area (Å²) in [7, 11) is 2.00. The summed E-state index contributed by atoms with van der Waals surface area (Å²) in [6, 6.07) is 8.16. The highest BCUT2D eigenvalue weighted by atomic mass is 32.1. The lowest BCUT2D eigenvalue weighted by molar-refractivity contribution is -0.0634. The summed E-state index contributed by atoms with van der Waals surface area (Å²) in [5.41, 5.74) is 1.05. The van der Waals surface area contributed by atoms with Gasteiger partial charge in [-0.05, 0) is 32.0 Å². The van der Waals surface area contributed by atoms with Gasteiger partial charge in [0, 0.05) is 19.8 Å². The van der Waals surface area contributed by atoms with Gasteiger partial charge in [-0.2, -0.15) is 0 Å². The van der Waals surface area contributed by atoms with Gasteiger partial charge in [-0.3, -0.25) is 4.90 Å². The second-order valence-corrected chi connectivity index (χ2v) is 7.19. The largest absolute Gasteiger partial charge is 0.389 e. The normalized spacial score (nSPS) is 17.9. The Morgan fingerprint density at radius 3 is 2.96 bits per heavy atom. The molecule has 2 heterocycles. The molecule has 6 heteroatoms. The van der Waals surface area contributed by atoms with Crippen molar-refractivity contribution < 1.29 is 14.6 Å². The van der Waals surface area contributed by atoms with Crippen LogP contribution >= 0.6 is 11.3 Å². The van der Waals surface area contributed by atoms with E-state index in [4.69, 9.17) is 9.47 Å². The molecule has 3 rings (SSSR count). The number of aliphatic hydroxyl groups excluding tert-OH is 1. The van der Waals surface area contributed by atoms with E-state index in [0.717, 1.165) is 43.1 Å². The van der Waals surface area contributed by atoms with Crippen molar-refractivity contribution in [3.8, 4) is 0 Å². The lowest BCUT2D eigenvalue weighted by Crippen LogP contribution is -2.34. The fraction of sp³-hybridized carbons (Fsp3) is 0.588. The van der Waals surface area contributed by atoms with Crippen LogP contribution in [0.1, 0.15) is 17.8 Å². The Labute approximate surface area is 140 Å². The van der Waals surface area contributed by atoms with Gasteiger partial charge in [0.2, 0.25) is 0 Å². The van der Waals surface area contributed by atoms with Crippen molar-refractivity contribution in [2.45, 2.75) is 31.6 Å². The second-order valence-electron chi connectivity index (χ2n) is 6.07. The van der Waals surface area contributed by atoms with Gasteiger partial charge in [-0.1, -0.05) is 12.1 Å². The van der Waals surface area contributed by atoms with Gasteiger partial charge in [0.05, 0.1) is 35.6 Å². The van der Waals surface area contributed by atoms with Gasteiger partial charge in [0.25, 0.3) is 0 Å². The van der Waals surface area contributed by atoms with E-state index in [1.165, 1.54) is 4.70 Å².